The van der Waals surface area contributed by atoms with Crippen LogP contribution >= 0.6 is 0 Å². The van der Waals surface area contributed by atoms with E-state index in [1.807, 2.05) is 0 Å². The molecule has 0 fully saturated rings. The quantitative estimate of drug-likeness (QED) is 0.669. The lowest BCUT2D eigenvalue weighted by Gasteiger charge is -2.19. The predicted molar refractivity (Wildman–Crippen MR) is 43.7 cm³/mol. The molecule has 0 unspecified atom stereocenters. The average Bonchev–Trinajstić information content (AvgIpc) is 2.01. The highest BCUT2D eigenvalue weighted by molar-refractivity contribution is 5.88. The molecule has 0 heterocycles. The van der Waals surface area contributed by atoms with E-state index in [9.17, 15) is 18.0 Å². The van der Waals surface area contributed by atoms with Crippen molar-refractivity contribution in [1.82, 2.24) is 0 Å². The Hall–Kier alpha value is -1.26. The number of hydrogen-bond acceptors (Lipinski definition) is 1. The fourth-order valence-electron chi connectivity index (χ4n) is 1.34. The Kier molecular flexibility index (Phi) is 2.69. The summed E-state index contributed by atoms with van der Waals surface area (Å²) in [5.74, 6) is -1.49. The Morgan fingerprint density at radius 1 is 1.50 bits per heavy atom. The van der Waals surface area contributed by atoms with Crippen molar-refractivity contribution in [1.29, 1.82) is 0 Å². The number of allylic oxidation sites excluding steroid dienone is 3. The summed E-state index contributed by atoms with van der Waals surface area (Å²) in [6, 6.07) is 0. The molecule has 0 aliphatic heterocycles. The van der Waals surface area contributed by atoms with Gasteiger partial charge in [0.25, 0.3) is 0 Å². The first-order valence-corrected chi connectivity index (χ1v) is 4.00. The lowest BCUT2D eigenvalue weighted by Crippen LogP contribution is -2.20. The fraction of sp³-hybridized carbons (Fsp3) is 0.444. The van der Waals surface area contributed by atoms with Crippen molar-refractivity contribution in [3.05, 3.63) is 22.8 Å². The van der Waals surface area contributed by atoms with Crippen molar-refractivity contribution in [3.63, 3.8) is 0 Å². The van der Waals surface area contributed by atoms with Crippen molar-refractivity contribution in [2.45, 2.75) is 25.9 Å². The van der Waals surface area contributed by atoms with Gasteiger partial charge in [0.1, 0.15) is 0 Å². The van der Waals surface area contributed by atoms with Crippen LogP contribution in [0.1, 0.15) is 19.8 Å². The van der Waals surface area contributed by atoms with E-state index in [1.165, 1.54) is 6.08 Å². The van der Waals surface area contributed by atoms with Crippen LogP contribution in [-0.4, -0.2) is 17.3 Å². The maximum atomic E-state index is 12.4. The summed E-state index contributed by atoms with van der Waals surface area (Å²) in [6.45, 7) is 1.56. The minimum absolute atomic E-state index is 0.143. The van der Waals surface area contributed by atoms with Gasteiger partial charge >= 0.3 is 12.1 Å². The van der Waals surface area contributed by atoms with Gasteiger partial charge in [0.15, 0.2) is 0 Å². The molecule has 1 aliphatic carbocycles. The van der Waals surface area contributed by atoms with Crippen LogP contribution in [0.4, 0.5) is 13.2 Å². The zero-order valence-electron chi connectivity index (χ0n) is 7.48. The molecular formula is C9H9F3O2. The van der Waals surface area contributed by atoms with E-state index in [0.717, 1.165) is 0 Å². The number of hydrogen-bond donors (Lipinski definition) is 1. The standard InChI is InChI=1S/C9H9F3O2/c1-5-2-3-6(8(13)14)7(4-5)9(10,11)12/h2H,3-4H2,1H3,(H,13,14). The summed E-state index contributed by atoms with van der Waals surface area (Å²) in [5, 5.41) is 8.57. The molecule has 0 saturated heterocycles. The monoisotopic (exact) mass is 206 g/mol. The summed E-state index contributed by atoms with van der Waals surface area (Å²) in [4.78, 5) is 10.5. The van der Waals surface area contributed by atoms with Crippen LogP contribution in [0, 0.1) is 0 Å². The van der Waals surface area contributed by atoms with Gasteiger partial charge in [-0.3, -0.25) is 0 Å². The van der Waals surface area contributed by atoms with Gasteiger partial charge in [0.2, 0.25) is 0 Å². The van der Waals surface area contributed by atoms with Crippen LogP contribution < -0.4 is 0 Å². The van der Waals surface area contributed by atoms with E-state index < -0.39 is 23.3 Å². The second kappa shape index (κ2) is 3.48. The molecule has 14 heavy (non-hydrogen) atoms. The summed E-state index contributed by atoms with van der Waals surface area (Å²) >= 11 is 0. The normalized spacial score (nSPS) is 18.1. The van der Waals surface area contributed by atoms with Crippen LogP contribution in [0.2, 0.25) is 0 Å². The lowest BCUT2D eigenvalue weighted by molar-refractivity contribution is -0.134. The molecule has 0 atom stereocenters. The number of carbonyl (C=O) groups is 1. The number of carboxylic acid groups (broad SMARTS) is 1. The van der Waals surface area contributed by atoms with E-state index in [4.69, 9.17) is 5.11 Å². The van der Waals surface area contributed by atoms with Crippen molar-refractivity contribution >= 4 is 5.97 Å². The number of halogens is 3. The average molecular weight is 206 g/mol. The van der Waals surface area contributed by atoms with Gasteiger partial charge in [-0.1, -0.05) is 11.6 Å². The van der Waals surface area contributed by atoms with E-state index in [1.54, 1.807) is 6.92 Å². The number of rotatable bonds is 1. The zero-order chi connectivity index (χ0) is 10.9. The maximum absolute atomic E-state index is 12.4. The van der Waals surface area contributed by atoms with Gasteiger partial charge in [-0.2, -0.15) is 13.2 Å². The fourth-order valence-corrected chi connectivity index (χ4v) is 1.34. The van der Waals surface area contributed by atoms with Gasteiger partial charge in [0, 0.05) is 11.1 Å². The van der Waals surface area contributed by atoms with Crippen LogP contribution in [0.25, 0.3) is 0 Å². The Morgan fingerprint density at radius 3 is 2.50 bits per heavy atom. The third-order valence-electron chi connectivity index (χ3n) is 2.07. The third kappa shape index (κ3) is 2.16. The minimum Gasteiger partial charge on any atom is -0.478 e. The second-order valence-electron chi connectivity index (χ2n) is 3.19. The van der Waals surface area contributed by atoms with Gasteiger partial charge in [-0.05, 0) is 19.8 Å². The lowest BCUT2D eigenvalue weighted by atomic mass is 9.92. The first-order chi connectivity index (χ1) is 6.32. The Bertz CT molecular complexity index is 323. The molecule has 0 amide bonds. The third-order valence-corrected chi connectivity index (χ3v) is 2.07. The molecule has 0 bridgehead atoms. The molecule has 2 nitrogen and oxygen atoms in total. The molecule has 0 aromatic carbocycles. The van der Waals surface area contributed by atoms with Crippen molar-refractivity contribution in [3.8, 4) is 0 Å². The van der Waals surface area contributed by atoms with E-state index >= 15 is 0 Å². The molecule has 0 radical (unpaired) electrons. The van der Waals surface area contributed by atoms with E-state index in [-0.39, 0.29) is 12.8 Å². The van der Waals surface area contributed by atoms with Crippen LogP contribution in [0.5, 0.6) is 0 Å². The summed E-state index contributed by atoms with van der Waals surface area (Å²) in [5.41, 5.74) is -0.907. The van der Waals surface area contributed by atoms with Gasteiger partial charge in [-0.15, -0.1) is 0 Å². The maximum Gasteiger partial charge on any atom is 0.413 e. The molecule has 0 spiro atoms. The molecule has 78 valence electrons. The minimum atomic E-state index is -4.54. The Balaban J connectivity index is 3.10. The smallest absolute Gasteiger partial charge is 0.413 e. The predicted octanol–water partition coefficient (Wildman–Crippen LogP) is 2.67. The molecule has 1 rings (SSSR count). The van der Waals surface area contributed by atoms with Gasteiger partial charge in [0.05, 0.1) is 0 Å². The van der Waals surface area contributed by atoms with Crippen LogP contribution in [0.3, 0.4) is 0 Å². The van der Waals surface area contributed by atoms with Crippen molar-refractivity contribution in [2.75, 3.05) is 0 Å². The summed E-state index contributed by atoms with van der Waals surface area (Å²) in [6.07, 6.45) is -3.48. The first kappa shape index (κ1) is 10.8. The SMILES string of the molecule is CC1=CCC(C(=O)O)=C(C(F)(F)F)C1. The summed E-state index contributed by atoms with van der Waals surface area (Å²) < 4.78 is 37.1. The highest BCUT2D eigenvalue weighted by Crippen LogP contribution is 2.36. The number of carboxylic acids is 1. The molecule has 0 aromatic rings. The van der Waals surface area contributed by atoms with Gasteiger partial charge < -0.3 is 5.11 Å². The van der Waals surface area contributed by atoms with E-state index in [0.29, 0.717) is 5.57 Å². The number of aliphatic carboxylic acids is 1. The molecule has 1 aliphatic rings. The second-order valence-corrected chi connectivity index (χ2v) is 3.19. The number of alkyl halides is 3. The highest BCUT2D eigenvalue weighted by atomic mass is 19.4. The molecule has 5 heteroatoms. The van der Waals surface area contributed by atoms with Gasteiger partial charge in [-0.25, -0.2) is 4.79 Å². The van der Waals surface area contributed by atoms with E-state index in [2.05, 4.69) is 0 Å². The molecular weight excluding hydrogens is 197 g/mol. The van der Waals surface area contributed by atoms with Crippen molar-refractivity contribution in [2.24, 2.45) is 0 Å². The molecule has 1 N–H and O–H groups in total. The largest absolute Gasteiger partial charge is 0.478 e. The Labute approximate surface area is 78.7 Å². The van der Waals surface area contributed by atoms with Crippen LogP contribution in [-0.2, 0) is 4.79 Å². The topological polar surface area (TPSA) is 37.3 Å². The first-order valence-electron chi connectivity index (χ1n) is 4.00. The van der Waals surface area contributed by atoms with Crippen molar-refractivity contribution < 1.29 is 23.1 Å². The Morgan fingerprint density at radius 2 is 2.07 bits per heavy atom. The van der Waals surface area contributed by atoms with Crippen LogP contribution in [0.15, 0.2) is 22.8 Å². The zero-order valence-corrected chi connectivity index (χ0v) is 7.48. The molecule has 0 aromatic heterocycles. The highest BCUT2D eigenvalue weighted by Gasteiger charge is 2.38. The summed E-state index contributed by atoms with van der Waals surface area (Å²) in [7, 11) is 0. The molecule has 0 saturated carbocycles.